The largest absolute Gasteiger partial charge is 0.468 e. The van der Waals surface area contributed by atoms with Gasteiger partial charge in [0.1, 0.15) is 5.76 Å². The van der Waals surface area contributed by atoms with Crippen molar-refractivity contribution in [1.29, 1.82) is 0 Å². The van der Waals surface area contributed by atoms with Crippen molar-refractivity contribution in [3.63, 3.8) is 0 Å². The quantitative estimate of drug-likeness (QED) is 0.772. The summed E-state index contributed by atoms with van der Waals surface area (Å²) in [7, 11) is 0. The van der Waals surface area contributed by atoms with Crippen molar-refractivity contribution in [3.05, 3.63) is 54.0 Å². The maximum atomic E-state index is 5.86. The fraction of sp³-hybridized carbons (Fsp3) is 0.231. The molecule has 0 aliphatic heterocycles. The number of nitrogen functional groups attached to an aromatic ring is 1. The van der Waals surface area contributed by atoms with Crippen molar-refractivity contribution in [3.8, 4) is 0 Å². The van der Waals surface area contributed by atoms with Crippen molar-refractivity contribution in [1.82, 2.24) is 5.32 Å². The van der Waals surface area contributed by atoms with Crippen LogP contribution in [-0.2, 0) is 6.54 Å². The number of hydrogen-bond acceptors (Lipinski definition) is 3. The van der Waals surface area contributed by atoms with Crippen LogP contribution in [0.1, 0.15) is 24.3 Å². The smallest absolute Gasteiger partial charge is 0.120 e. The molecule has 0 saturated heterocycles. The molecule has 0 fully saturated rings. The van der Waals surface area contributed by atoms with Crippen molar-refractivity contribution < 1.29 is 4.42 Å². The van der Waals surface area contributed by atoms with Crippen LogP contribution in [0.15, 0.2) is 47.1 Å². The van der Waals surface area contributed by atoms with E-state index < -0.39 is 0 Å². The summed E-state index contributed by atoms with van der Waals surface area (Å²) in [5.41, 5.74) is 7.79. The highest BCUT2D eigenvalue weighted by Crippen LogP contribution is 2.15. The molecule has 16 heavy (non-hydrogen) atoms. The fourth-order valence-corrected chi connectivity index (χ4v) is 1.60. The number of nitrogens with one attached hydrogen (secondary N) is 1. The third-order valence-electron chi connectivity index (χ3n) is 2.62. The molecule has 3 nitrogen and oxygen atoms in total. The second kappa shape index (κ2) is 4.86. The van der Waals surface area contributed by atoms with Crippen LogP contribution in [0, 0.1) is 0 Å². The molecule has 1 heterocycles. The summed E-state index contributed by atoms with van der Waals surface area (Å²) in [5.74, 6) is 0.939. The topological polar surface area (TPSA) is 51.2 Å². The molecule has 0 aliphatic carbocycles. The molecule has 3 heteroatoms. The van der Waals surface area contributed by atoms with Crippen LogP contribution in [0.3, 0.4) is 0 Å². The summed E-state index contributed by atoms with van der Waals surface area (Å²) in [6.07, 6.45) is 1.68. The molecular weight excluding hydrogens is 200 g/mol. The van der Waals surface area contributed by atoms with Gasteiger partial charge in [0.2, 0.25) is 0 Å². The summed E-state index contributed by atoms with van der Waals surface area (Å²) in [6.45, 7) is 2.81. The summed E-state index contributed by atoms with van der Waals surface area (Å²) < 4.78 is 5.32. The van der Waals surface area contributed by atoms with E-state index in [-0.39, 0.29) is 6.04 Å². The monoisotopic (exact) mass is 216 g/mol. The molecule has 0 aliphatic rings. The lowest BCUT2D eigenvalue weighted by Gasteiger charge is -2.12. The van der Waals surface area contributed by atoms with Gasteiger partial charge in [-0.3, -0.25) is 0 Å². The normalized spacial score (nSPS) is 12.6. The van der Waals surface area contributed by atoms with E-state index in [1.54, 1.807) is 6.26 Å². The molecule has 3 N–H and O–H groups in total. The molecule has 0 spiro atoms. The van der Waals surface area contributed by atoms with Crippen LogP contribution in [0.5, 0.6) is 0 Å². The second-order valence-corrected chi connectivity index (χ2v) is 3.82. The van der Waals surface area contributed by atoms with Crippen LogP contribution < -0.4 is 11.1 Å². The van der Waals surface area contributed by atoms with E-state index in [1.165, 1.54) is 0 Å². The highest BCUT2D eigenvalue weighted by molar-refractivity contribution is 5.46. The predicted octanol–water partition coefficient (Wildman–Crippen LogP) is 2.71. The van der Waals surface area contributed by atoms with Crippen molar-refractivity contribution in [2.45, 2.75) is 19.5 Å². The Hall–Kier alpha value is -1.74. The first-order valence-corrected chi connectivity index (χ1v) is 5.37. The average molecular weight is 216 g/mol. The Balaban J connectivity index is 1.95. The Kier molecular flexibility index (Phi) is 3.27. The Morgan fingerprint density at radius 1 is 1.25 bits per heavy atom. The van der Waals surface area contributed by atoms with Crippen molar-refractivity contribution in [2.24, 2.45) is 0 Å². The maximum absolute atomic E-state index is 5.86. The van der Waals surface area contributed by atoms with Crippen LogP contribution in [-0.4, -0.2) is 0 Å². The highest BCUT2D eigenvalue weighted by atomic mass is 16.3. The van der Waals surface area contributed by atoms with Gasteiger partial charge in [0.25, 0.3) is 0 Å². The SMILES string of the molecule is C[C@@H](NCc1ccccc1N)c1ccco1. The molecule has 0 saturated carbocycles. The van der Waals surface area contributed by atoms with Gasteiger partial charge in [0.05, 0.1) is 12.3 Å². The van der Waals surface area contributed by atoms with Crippen LogP contribution in [0.25, 0.3) is 0 Å². The Morgan fingerprint density at radius 2 is 2.06 bits per heavy atom. The number of furan rings is 1. The zero-order valence-electron chi connectivity index (χ0n) is 9.31. The number of rotatable bonds is 4. The first-order valence-electron chi connectivity index (χ1n) is 5.37. The maximum Gasteiger partial charge on any atom is 0.120 e. The van der Waals surface area contributed by atoms with Gasteiger partial charge in [-0.05, 0) is 30.7 Å². The number of para-hydroxylation sites is 1. The molecule has 0 amide bonds. The second-order valence-electron chi connectivity index (χ2n) is 3.82. The van der Waals surface area contributed by atoms with Gasteiger partial charge >= 0.3 is 0 Å². The van der Waals surface area contributed by atoms with Crippen LogP contribution in [0.2, 0.25) is 0 Å². The number of nitrogens with two attached hydrogens (primary N) is 1. The van der Waals surface area contributed by atoms with E-state index in [0.717, 1.165) is 23.6 Å². The molecule has 1 aromatic carbocycles. The average Bonchev–Trinajstić information content (AvgIpc) is 2.81. The standard InChI is InChI=1S/C13H16N2O/c1-10(13-7-4-8-16-13)15-9-11-5-2-3-6-12(11)14/h2-8,10,15H,9,14H2,1H3/t10-/m1/s1. The van der Waals surface area contributed by atoms with Crippen molar-refractivity contribution in [2.75, 3.05) is 5.73 Å². The molecule has 0 unspecified atom stereocenters. The third-order valence-corrected chi connectivity index (χ3v) is 2.62. The fourth-order valence-electron chi connectivity index (χ4n) is 1.60. The molecular formula is C13H16N2O. The predicted molar refractivity (Wildman–Crippen MR) is 64.8 cm³/mol. The van der Waals surface area contributed by atoms with E-state index in [0.29, 0.717) is 0 Å². The Bertz CT molecular complexity index is 437. The minimum atomic E-state index is 0.189. The summed E-state index contributed by atoms with van der Waals surface area (Å²) >= 11 is 0. The Morgan fingerprint density at radius 3 is 2.75 bits per heavy atom. The van der Waals surface area contributed by atoms with Gasteiger partial charge in [-0.15, -0.1) is 0 Å². The van der Waals surface area contributed by atoms with Gasteiger partial charge in [0, 0.05) is 12.2 Å². The number of hydrogen-bond donors (Lipinski definition) is 2. The molecule has 0 radical (unpaired) electrons. The zero-order chi connectivity index (χ0) is 11.4. The number of benzene rings is 1. The summed E-state index contributed by atoms with van der Waals surface area (Å²) in [5, 5.41) is 3.37. The van der Waals surface area contributed by atoms with Crippen LogP contribution >= 0.6 is 0 Å². The molecule has 0 bridgehead atoms. The minimum absolute atomic E-state index is 0.189. The minimum Gasteiger partial charge on any atom is -0.468 e. The lowest BCUT2D eigenvalue weighted by molar-refractivity contribution is 0.430. The first kappa shape index (κ1) is 10.8. The molecule has 84 valence electrons. The molecule has 2 aromatic rings. The van der Waals surface area contributed by atoms with E-state index in [1.807, 2.05) is 36.4 Å². The van der Waals surface area contributed by atoms with E-state index in [4.69, 9.17) is 10.2 Å². The van der Waals surface area contributed by atoms with Gasteiger partial charge in [-0.25, -0.2) is 0 Å². The van der Waals surface area contributed by atoms with Gasteiger partial charge in [0.15, 0.2) is 0 Å². The molecule has 1 atom stereocenters. The van der Waals surface area contributed by atoms with E-state index >= 15 is 0 Å². The lowest BCUT2D eigenvalue weighted by atomic mass is 10.1. The van der Waals surface area contributed by atoms with Crippen LogP contribution in [0.4, 0.5) is 5.69 Å². The van der Waals surface area contributed by atoms with E-state index in [2.05, 4.69) is 12.2 Å². The van der Waals surface area contributed by atoms with Gasteiger partial charge in [-0.1, -0.05) is 18.2 Å². The highest BCUT2D eigenvalue weighted by Gasteiger charge is 2.07. The van der Waals surface area contributed by atoms with E-state index in [9.17, 15) is 0 Å². The third kappa shape index (κ3) is 2.44. The van der Waals surface area contributed by atoms with Gasteiger partial charge in [-0.2, -0.15) is 0 Å². The zero-order valence-corrected chi connectivity index (χ0v) is 9.31. The summed E-state index contributed by atoms with van der Waals surface area (Å²) in [4.78, 5) is 0. The summed E-state index contributed by atoms with van der Waals surface area (Å²) in [6, 6.07) is 11.9. The Labute approximate surface area is 95.3 Å². The van der Waals surface area contributed by atoms with Gasteiger partial charge < -0.3 is 15.5 Å². The molecule has 2 rings (SSSR count). The van der Waals surface area contributed by atoms with Crippen molar-refractivity contribution >= 4 is 5.69 Å². The number of anilines is 1. The lowest BCUT2D eigenvalue weighted by Crippen LogP contribution is -2.18. The molecule has 1 aromatic heterocycles. The first-order chi connectivity index (χ1) is 7.77.